The van der Waals surface area contributed by atoms with E-state index in [2.05, 4.69) is 20.8 Å². The highest BCUT2D eigenvalue weighted by molar-refractivity contribution is 5.69. The Morgan fingerprint density at radius 3 is 2.45 bits per heavy atom. The SMILES string of the molecule is CCCCC(=O)OCC(O)COC1(C)CCC(C(C)C)CC1. The quantitative estimate of drug-likeness (QED) is 0.659. The van der Waals surface area contributed by atoms with E-state index in [0.717, 1.165) is 37.5 Å². The molecule has 0 bridgehead atoms. The van der Waals surface area contributed by atoms with Gasteiger partial charge in [-0.15, -0.1) is 0 Å². The molecule has 1 aliphatic carbocycles. The van der Waals surface area contributed by atoms with Gasteiger partial charge in [0.1, 0.15) is 12.7 Å². The van der Waals surface area contributed by atoms with Gasteiger partial charge in [-0.05, 0) is 50.9 Å². The minimum atomic E-state index is -0.731. The lowest BCUT2D eigenvalue weighted by Gasteiger charge is -2.39. The van der Waals surface area contributed by atoms with Gasteiger partial charge in [0.2, 0.25) is 0 Å². The van der Waals surface area contributed by atoms with Gasteiger partial charge < -0.3 is 14.6 Å². The molecule has 1 aliphatic rings. The molecule has 0 spiro atoms. The van der Waals surface area contributed by atoms with Crippen LogP contribution in [0.1, 0.15) is 72.6 Å². The fraction of sp³-hybridized carbons (Fsp3) is 0.944. The second-order valence-corrected chi connectivity index (χ2v) is 7.28. The first kappa shape index (κ1) is 19.4. The Morgan fingerprint density at radius 1 is 1.27 bits per heavy atom. The molecule has 1 atom stereocenters. The van der Waals surface area contributed by atoms with Gasteiger partial charge in [-0.1, -0.05) is 27.2 Å². The second kappa shape index (κ2) is 9.51. The molecule has 1 saturated carbocycles. The van der Waals surface area contributed by atoms with Gasteiger partial charge in [-0.2, -0.15) is 0 Å². The number of esters is 1. The molecule has 0 aliphatic heterocycles. The van der Waals surface area contributed by atoms with Gasteiger partial charge in [-0.3, -0.25) is 4.79 Å². The van der Waals surface area contributed by atoms with E-state index in [4.69, 9.17) is 9.47 Å². The molecular formula is C18H34O4. The van der Waals surface area contributed by atoms with Crippen LogP contribution in [0.25, 0.3) is 0 Å². The lowest BCUT2D eigenvalue weighted by molar-refractivity contribution is -0.151. The molecule has 1 unspecified atom stereocenters. The summed E-state index contributed by atoms with van der Waals surface area (Å²) in [6, 6.07) is 0. The second-order valence-electron chi connectivity index (χ2n) is 7.28. The molecule has 4 nitrogen and oxygen atoms in total. The molecule has 1 N–H and O–H groups in total. The molecule has 4 heteroatoms. The molecule has 0 amide bonds. The molecule has 0 aromatic heterocycles. The number of aliphatic hydroxyl groups excluding tert-OH is 1. The van der Waals surface area contributed by atoms with E-state index in [9.17, 15) is 9.90 Å². The average molecular weight is 314 g/mol. The first-order valence-electron chi connectivity index (χ1n) is 8.84. The Kier molecular flexibility index (Phi) is 8.40. The summed E-state index contributed by atoms with van der Waals surface area (Å²) in [5.74, 6) is 1.29. The zero-order chi connectivity index (χ0) is 16.6. The molecule has 130 valence electrons. The van der Waals surface area contributed by atoms with Crippen LogP contribution in [-0.2, 0) is 14.3 Å². The third-order valence-corrected chi connectivity index (χ3v) is 4.83. The number of hydrogen-bond acceptors (Lipinski definition) is 4. The van der Waals surface area contributed by atoms with Crippen molar-refractivity contribution in [1.29, 1.82) is 0 Å². The van der Waals surface area contributed by atoms with Crippen molar-refractivity contribution in [2.75, 3.05) is 13.2 Å². The van der Waals surface area contributed by atoms with Crippen molar-refractivity contribution in [2.24, 2.45) is 11.8 Å². The summed E-state index contributed by atoms with van der Waals surface area (Å²) in [6.07, 6.45) is 5.96. The van der Waals surface area contributed by atoms with Crippen molar-refractivity contribution in [3.8, 4) is 0 Å². The number of unbranched alkanes of at least 4 members (excludes halogenated alkanes) is 1. The summed E-state index contributed by atoms with van der Waals surface area (Å²) in [6.45, 7) is 9.00. The van der Waals surface area contributed by atoms with E-state index in [-0.39, 0.29) is 24.8 Å². The highest BCUT2D eigenvalue weighted by Gasteiger charge is 2.33. The summed E-state index contributed by atoms with van der Waals surface area (Å²) < 4.78 is 11.0. The van der Waals surface area contributed by atoms with Crippen LogP contribution >= 0.6 is 0 Å². The molecule has 0 heterocycles. The predicted molar refractivity (Wildman–Crippen MR) is 87.6 cm³/mol. The lowest BCUT2D eigenvalue weighted by atomic mass is 9.75. The van der Waals surface area contributed by atoms with Gasteiger partial charge in [0, 0.05) is 6.42 Å². The normalized spacial score (nSPS) is 26.9. The van der Waals surface area contributed by atoms with E-state index >= 15 is 0 Å². The molecule has 0 radical (unpaired) electrons. The third-order valence-electron chi connectivity index (χ3n) is 4.83. The highest BCUT2D eigenvalue weighted by Crippen LogP contribution is 2.37. The first-order chi connectivity index (χ1) is 10.4. The van der Waals surface area contributed by atoms with Crippen LogP contribution in [0.15, 0.2) is 0 Å². The van der Waals surface area contributed by atoms with Gasteiger partial charge in [0.25, 0.3) is 0 Å². The van der Waals surface area contributed by atoms with Crippen molar-refractivity contribution < 1.29 is 19.4 Å². The fourth-order valence-electron chi connectivity index (χ4n) is 2.99. The maximum absolute atomic E-state index is 11.4. The maximum Gasteiger partial charge on any atom is 0.305 e. The van der Waals surface area contributed by atoms with Crippen LogP contribution in [0, 0.1) is 11.8 Å². The Morgan fingerprint density at radius 2 is 1.91 bits per heavy atom. The highest BCUT2D eigenvalue weighted by atomic mass is 16.6. The summed E-state index contributed by atoms with van der Waals surface area (Å²) >= 11 is 0. The van der Waals surface area contributed by atoms with Gasteiger partial charge >= 0.3 is 5.97 Å². The fourth-order valence-corrected chi connectivity index (χ4v) is 2.99. The largest absolute Gasteiger partial charge is 0.463 e. The molecule has 1 fully saturated rings. The Bertz CT molecular complexity index is 319. The molecule has 0 aromatic carbocycles. The predicted octanol–water partition coefficient (Wildman–Crippen LogP) is 3.70. The van der Waals surface area contributed by atoms with Crippen LogP contribution in [0.4, 0.5) is 0 Å². The molecule has 1 rings (SSSR count). The van der Waals surface area contributed by atoms with Gasteiger partial charge in [0.05, 0.1) is 12.2 Å². The lowest BCUT2D eigenvalue weighted by Crippen LogP contribution is -2.38. The van der Waals surface area contributed by atoms with E-state index in [1.54, 1.807) is 0 Å². The monoisotopic (exact) mass is 314 g/mol. The van der Waals surface area contributed by atoms with Crippen molar-refractivity contribution in [3.05, 3.63) is 0 Å². The molecule has 22 heavy (non-hydrogen) atoms. The van der Waals surface area contributed by atoms with Crippen LogP contribution in [-0.4, -0.2) is 36.0 Å². The minimum absolute atomic E-state index is 0.0350. The van der Waals surface area contributed by atoms with Crippen LogP contribution in [0.2, 0.25) is 0 Å². The van der Waals surface area contributed by atoms with Crippen LogP contribution in [0.5, 0.6) is 0 Å². The number of hydrogen-bond donors (Lipinski definition) is 1. The zero-order valence-electron chi connectivity index (χ0n) is 14.8. The third kappa shape index (κ3) is 7.10. The Hall–Kier alpha value is -0.610. The van der Waals surface area contributed by atoms with Crippen LogP contribution < -0.4 is 0 Å². The van der Waals surface area contributed by atoms with E-state index < -0.39 is 6.10 Å². The summed E-state index contributed by atoms with van der Waals surface area (Å²) in [7, 11) is 0. The number of rotatable bonds is 9. The van der Waals surface area contributed by atoms with Crippen LogP contribution in [0.3, 0.4) is 0 Å². The average Bonchev–Trinajstić information content (AvgIpc) is 2.49. The van der Waals surface area contributed by atoms with Crippen molar-refractivity contribution >= 4 is 5.97 Å². The molecule has 0 saturated heterocycles. The van der Waals surface area contributed by atoms with Crippen molar-refractivity contribution in [1.82, 2.24) is 0 Å². The zero-order valence-corrected chi connectivity index (χ0v) is 14.8. The number of carbonyl (C=O) groups is 1. The Labute approximate surface area is 135 Å². The maximum atomic E-state index is 11.4. The minimum Gasteiger partial charge on any atom is -0.463 e. The summed E-state index contributed by atoms with van der Waals surface area (Å²) in [5, 5.41) is 9.91. The molecular weight excluding hydrogens is 280 g/mol. The topological polar surface area (TPSA) is 55.8 Å². The van der Waals surface area contributed by atoms with E-state index in [1.165, 1.54) is 12.8 Å². The van der Waals surface area contributed by atoms with E-state index in [0.29, 0.717) is 6.42 Å². The Balaban J connectivity index is 2.20. The number of carbonyl (C=O) groups excluding carboxylic acids is 1. The van der Waals surface area contributed by atoms with Crippen molar-refractivity contribution in [2.45, 2.75) is 84.3 Å². The van der Waals surface area contributed by atoms with E-state index in [1.807, 2.05) is 6.92 Å². The first-order valence-corrected chi connectivity index (χ1v) is 8.84. The van der Waals surface area contributed by atoms with Gasteiger partial charge in [0.15, 0.2) is 0 Å². The molecule has 0 aromatic rings. The smallest absolute Gasteiger partial charge is 0.305 e. The number of ether oxygens (including phenoxy) is 2. The standard InChI is InChI=1S/C18H34O4/c1-5-6-7-17(20)21-12-16(19)13-22-18(4)10-8-15(9-11-18)14(2)3/h14-16,19H,5-13H2,1-4H3. The van der Waals surface area contributed by atoms with Crippen molar-refractivity contribution in [3.63, 3.8) is 0 Å². The number of aliphatic hydroxyl groups is 1. The summed E-state index contributed by atoms with van der Waals surface area (Å²) in [5.41, 5.74) is -0.140. The van der Waals surface area contributed by atoms with Gasteiger partial charge in [-0.25, -0.2) is 0 Å². The summed E-state index contributed by atoms with van der Waals surface area (Å²) in [4.78, 5) is 11.4.